The van der Waals surface area contributed by atoms with Gasteiger partial charge in [-0.05, 0) is 42.9 Å². The third-order valence-electron chi connectivity index (χ3n) is 4.80. The fraction of sp³-hybridized carbons (Fsp3) is 0.579. The van der Waals surface area contributed by atoms with Crippen LogP contribution in [0.5, 0.6) is 0 Å². The van der Waals surface area contributed by atoms with Crippen molar-refractivity contribution in [3.05, 3.63) is 29.8 Å². The Hall–Kier alpha value is -1.84. The molecule has 2 saturated carbocycles. The van der Waals surface area contributed by atoms with Crippen LogP contribution in [-0.2, 0) is 16.0 Å². The van der Waals surface area contributed by atoms with Crippen LogP contribution in [0.25, 0.3) is 0 Å². The zero-order valence-electron chi connectivity index (χ0n) is 13.6. The van der Waals surface area contributed by atoms with Crippen molar-refractivity contribution < 1.29 is 9.59 Å². The van der Waals surface area contributed by atoms with Gasteiger partial charge in [-0.25, -0.2) is 0 Å². The quantitative estimate of drug-likeness (QED) is 0.810. The normalized spacial score (nSPS) is 17.9. The average molecular weight is 314 g/mol. The van der Waals surface area contributed by atoms with E-state index in [0.717, 1.165) is 36.4 Å². The first-order valence-corrected chi connectivity index (χ1v) is 8.87. The second-order valence-corrected chi connectivity index (χ2v) is 6.95. The molecular weight excluding hydrogens is 288 g/mol. The summed E-state index contributed by atoms with van der Waals surface area (Å²) in [5, 5.41) is 5.93. The Morgan fingerprint density at radius 1 is 0.957 bits per heavy atom. The number of anilines is 1. The summed E-state index contributed by atoms with van der Waals surface area (Å²) in [6.45, 7) is 0. The number of carbonyl (C=O) groups excluding carboxylic acids is 2. The van der Waals surface area contributed by atoms with Gasteiger partial charge in [0.15, 0.2) is 0 Å². The van der Waals surface area contributed by atoms with Gasteiger partial charge in [-0.1, -0.05) is 37.8 Å². The highest BCUT2D eigenvalue weighted by molar-refractivity contribution is 5.90. The molecule has 0 spiro atoms. The average Bonchev–Trinajstić information content (AvgIpc) is 3.18. The van der Waals surface area contributed by atoms with Gasteiger partial charge in [-0.3, -0.25) is 9.59 Å². The zero-order valence-corrected chi connectivity index (χ0v) is 13.6. The Labute approximate surface area is 138 Å². The second-order valence-electron chi connectivity index (χ2n) is 6.95. The molecular formula is C19H26N2O2. The van der Waals surface area contributed by atoms with Crippen molar-refractivity contribution >= 4 is 17.5 Å². The predicted octanol–water partition coefficient (Wildman–Crippen LogP) is 3.42. The van der Waals surface area contributed by atoms with E-state index in [2.05, 4.69) is 10.6 Å². The van der Waals surface area contributed by atoms with Crippen LogP contribution >= 0.6 is 0 Å². The van der Waals surface area contributed by atoms with E-state index < -0.39 is 0 Å². The molecule has 3 rings (SSSR count). The molecule has 0 radical (unpaired) electrons. The van der Waals surface area contributed by atoms with E-state index in [-0.39, 0.29) is 11.8 Å². The molecule has 4 nitrogen and oxygen atoms in total. The lowest BCUT2D eigenvalue weighted by atomic mass is 10.0. The highest BCUT2D eigenvalue weighted by atomic mass is 16.2. The number of hydrogen-bond donors (Lipinski definition) is 2. The maximum absolute atomic E-state index is 12.0. The molecule has 23 heavy (non-hydrogen) atoms. The molecule has 124 valence electrons. The first kappa shape index (κ1) is 16.0. The first-order valence-electron chi connectivity index (χ1n) is 8.87. The van der Waals surface area contributed by atoms with Gasteiger partial charge >= 0.3 is 0 Å². The molecule has 1 aromatic rings. The van der Waals surface area contributed by atoms with E-state index in [0.29, 0.717) is 18.9 Å². The molecule has 2 amide bonds. The summed E-state index contributed by atoms with van der Waals surface area (Å²) in [6.07, 6.45) is 9.45. The van der Waals surface area contributed by atoms with Crippen LogP contribution in [0.15, 0.2) is 24.3 Å². The van der Waals surface area contributed by atoms with E-state index in [9.17, 15) is 9.59 Å². The van der Waals surface area contributed by atoms with Gasteiger partial charge in [0.2, 0.25) is 11.8 Å². The maximum atomic E-state index is 12.0. The summed E-state index contributed by atoms with van der Waals surface area (Å²) in [7, 11) is 0. The van der Waals surface area contributed by atoms with Crippen LogP contribution in [0.1, 0.15) is 56.9 Å². The van der Waals surface area contributed by atoms with Gasteiger partial charge in [-0.15, -0.1) is 0 Å². The molecule has 4 heteroatoms. The van der Waals surface area contributed by atoms with Crippen molar-refractivity contribution in [2.45, 2.75) is 63.8 Å². The Morgan fingerprint density at radius 3 is 2.30 bits per heavy atom. The molecule has 2 N–H and O–H groups in total. The summed E-state index contributed by atoms with van der Waals surface area (Å²) in [5.41, 5.74) is 1.79. The largest absolute Gasteiger partial charge is 0.353 e. The second kappa shape index (κ2) is 7.62. The first-order chi connectivity index (χ1) is 11.2. The Bertz CT molecular complexity index is 543. The van der Waals surface area contributed by atoms with Gasteiger partial charge in [0.25, 0.3) is 0 Å². The van der Waals surface area contributed by atoms with Crippen LogP contribution < -0.4 is 10.6 Å². The number of nitrogens with one attached hydrogen (secondary N) is 2. The smallest absolute Gasteiger partial charge is 0.224 e. The van der Waals surface area contributed by atoms with Gasteiger partial charge in [0.05, 0.1) is 6.42 Å². The van der Waals surface area contributed by atoms with Crippen molar-refractivity contribution in [1.29, 1.82) is 0 Å². The third kappa shape index (κ3) is 5.38. The van der Waals surface area contributed by atoms with Crippen LogP contribution in [0.2, 0.25) is 0 Å². The van der Waals surface area contributed by atoms with Crippen molar-refractivity contribution in [1.82, 2.24) is 5.32 Å². The summed E-state index contributed by atoms with van der Waals surface area (Å²) >= 11 is 0. The van der Waals surface area contributed by atoms with Crippen molar-refractivity contribution in [3.63, 3.8) is 0 Å². The number of carbonyl (C=O) groups is 2. The minimum Gasteiger partial charge on any atom is -0.353 e. The monoisotopic (exact) mass is 314 g/mol. The Morgan fingerprint density at radius 2 is 1.65 bits per heavy atom. The molecule has 0 aromatic heterocycles. The zero-order chi connectivity index (χ0) is 16.1. The lowest BCUT2D eigenvalue weighted by Crippen LogP contribution is -2.26. The number of benzene rings is 1. The standard InChI is InChI=1S/C19H26N2O2/c22-18(12-7-14-3-1-2-4-14)20-16-8-5-15(6-9-16)13-19(23)21-17-10-11-17/h5-6,8-9,14,17H,1-4,7,10-13H2,(H,20,22)(H,21,23). The molecule has 0 aliphatic heterocycles. The van der Waals surface area contributed by atoms with Gasteiger partial charge in [-0.2, -0.15) is 0 Å². The number of rotatable bonds is 7. The van der Waals surface area contributed by atoms with E-state index in [1.807, 2.05) is 24.3 Å². The topological polar surface area (TPSA) is 58.2 Å². The molecule has 2 aliphatic rings. The van der Waals surface area contributed by atoms with Crippen molar-refractivity contribution in [2.75, 3.05) is 5.32 Å². The molecule has 0 heterocycles. The van der Waals surface area contributed by atoms with E-state index >= 15 is 0 Å². The Kier molecular flexibility index (Phi) is 5.31. The molecule has 2 aliphatic carbocycles. The summed E-state index contributed by atoms with van der Waals surface area (Å²) in [6, 6.07) is 8.00. The Balaban J connectivity index is 1.40. The maximum Gasteiger partial charge on any atom is 0.224 e. The van der Waals surface area contributed by atoms with E-state index in [4.69, 9.17) is 0 Å². The number of hydrogen-bond acceptors (Lipinski definition) is 2. The summed E-state index contributed by atoms with van der Waals surface area (Å²) in [5.74, 6) is 0.921. The summed E-state index contributed by atoms with van der Waals surface area (Å²) < 4.78 is 0. The summed E-state index contributed by atoms with van der Waals surface area (Å²) in [4.78, 5) is 23.7. The van der Waals surface area contributed by atoms with Crippen LogP contribution in [0, 0.1) is 5.92 Å². The molecule has 0 bridgehead atoms. The highest BCUT2D eigenvalue weighted by Crippen LogP contribution is 2.28. The molecule has 0 unspecified atom stereocenters. The van der Waals surface area contributed by atoms with Crippen molar-refractivity contribution in [3.8, 4) is 0 Å². The third-order valence-corrected chi connectivity index (χ3v) is 4.80. The molecule has 1 aromatic carbocycles. The van der Waals surface area contributed by atoms with Gasteiger partial charge < -0.3 is 10.6 Å². The highest BCUT2D eigenvalue weighted by Gasteiger charge is 2.23. The lowest BCUT2D eigenvalue weighted by Gasteiger charge is -2.10. The predicted molar refractivity (Wildman–Crippen MR) is 91.1 cm³/mol. The van der Waals surface area contributed by atoms with Crippen LogP contribution in [0.4, 0.5) is 5.69 Å². The number of amides is 2. The SMILES string of the molecule is O=C(CCC1CCCC1)Nc1ccc(CC(=O)NC2CC2)cc1. The minimum absolute atomic E-state index is 0.0841. The molecule has 2 fully saturated rings. The fourth-order valence-corrected chi connectivity index (χ4v) is 3.26. The van der Waals surface area contributed by atoms with Crippen molar-refractivity contribution in [2.24, 2.45) is 5.92 Å². The van der Waals surface area contributed by atoms with E-state index in [1.54, 1.807) is 0 Å². The molecule has 0 saturated heterocycles. The van der Waals surface area contributed by atoms with Gasteiger partial charge in [0.1, 0.15) is 0 Å². The van der Waals surface area contributed by atoms with Crippen LogP contribution in [0.3, 0.4) is 0 Å². The lowest BCUT2D eigenvalue weighted by molar-refractivity contribution is -0.120. The van der Waals surface area contributed by atoms with Crippen LogP contribution in [-0.4, -0.2) is 17.9 Å². The minimum atomic E-state index is 0.0841. The molecule has 0 atom stereocenters. The fourth-order valence-electron chi connectivity index (χ4n) is 3.26. The van der Waals surface area contributed by atoms with Gasteiger partial charge in [0, 0.05) is 18.2 Å². The van der Waals surface area contributed by atoms with E-state index in [1.165, 1.54) is 25.7 Å².